The number of furan rings is 1. The van der Waals surface area contributed by atoms with E-state index >= 15 is 0 Å². The van der Waals surface area contributed by atoms with Crippen molar-refractivity contribution in [2.75, 3.05) is 13.1 Å². The largest absolute Gasteiger partial charge is 0.483 e. The summed E-state index contributed by atoms with van der Waals surface area (Å²) < 4.78 is 5.16. The van der Waals surface area contributed by atoms with Crippen LogP contribution in [0.5, 0.6) is 0 Å². The molecule has 154 valence electrons. The molecular weight excluding hydrogens is 382 g/mol. The van der Waals surface area contributed by atoms with Crippen molar-refractivity contribution in [1.82, 2.24) is 25.7 Å². The number of nitrogens with zero attached hydrogens (tertiary/aromatic N) is 2. The molecular formula is C18H21N5O6. The first kappa shape index (κ1) is 20.1. The van der Waals surface area contributed by atoms with Crippen molar-refractivity contribution < 1.29 is 28.7 Å². The van der Waals surface area contributed by atoms with Gasteiger partial charge in [0, 0.05) is 31.1 Å². The fourth-order valence-corrected chi connectivity index (χ4v) is 3.37. The average Bonchev–Trinajstić information content (AvgIpc) is 3.46. The predicted octanol–water partition coefficient (Wildman–Crippen LogP) is -0.0896. The smallest absolute Gasteiger partial charge is 0.290 e. The van der Waals surface area contributed by atoms with Gasteiger partial charge in [0.1, 0.15) is 0 Å². The van der Waals surface area contributed by atoms with Gasteiger partial charge in [0.15, 0.2) is 11.5 Å². The Hall–Kier alpha value is -3.63. The first-order valence-electron chi connectivity index (χ1n) is 9.07. The van der Waals surface area contributed by atoms with Gasteiger partial charge in [0.2, 0.25) is 5.91 Å². The molecule has 1 atom stereocenters. The summed E-state index contributed by atoms with van der Waals surface area (Å²) >= 11 is 0. The molecule has 1 saturated heterocycles. The van der Waals surface area contributed by atoms with Crippen molar-refractivity contribution in [3.05, 3.63) is 41.1 Å². The highest BCUT2D eigenvalue weighted by atomic mass is 16.3. The lowest BCUT2D eigenvalue weighted by atomic mass is 10.0. The van der Waals surface area contributed by atoms with E-state index in [1.807, 2.05) is 0 Å². The van der Waals surface area contributed by atoms with E-state index in [1.165, 1.54) is 6.26 Å². The highest BCUT2D eigenvalue weighted by Gasteiger charge is 2.29. The molecule has 1 unspecified atom stereocenters. The van der Waals surface area contributed by atoms with Gasteiger partial charge in [0.25, 0.3) is 18.3 Å². The average molecular weight is 403 g/mol. The minimum Gasteiger partial charge on any atom is -0.483 e. The normalized spacial score (nSPS) is 17.6. The van der Waals surface area contributed by atoms with Gasteiger partial charge in [-0.05, 0) is 25.0 Å². The van der Waals surface area contributed by atoms with Crippen LogP contribution in [0.1, 0.15) is 45.1 Å². The molecule has 4 heterocycles. The second-order valence-electron chi connectivity index (χ2n) is 6.60. The molecule has 0 aliphatic carbocycles. The van der Waals surface area contributed by atoms with Gasteiger partial charge in [0.05, 0.1) is 18.5 Å². The Morgan fingerprint density at radius 3 is 2.86 bits per heavy atom. The number of carboxylic acid groups (broad SMARTS) is 1. The number of rotatable bonds is 4. The molecule has 2 aliphatic heterocycles. The van der Waals surface area contributed by atoms with Crippen molar-refractivity contribution in [2.45, 2.75) is 31.8 Å². The maximum absolute atomic E-state index is 12.4. The molecule has 0 bridgehead atoms. The van der Waals surface area contributed by atoms with Crippen molar-refractivity contribution in [1.29, 1.82) is 0 Å². The minimum atomic E-state index is -0.269. The van der Waals surface area contributed by atoms with E-state index in [0.717, 1.165) is 17.7 Å². The van der Waals surface area contributed by atoms with Crippen molar-refractivity contribution in [3.63, 3.8) is 0 Å². The molecule has 2 aromatic rings. The van der Waals surface area contributed by atoms with E-state index in [9.17, 15) is 14.4 Å². The maximum Gasteiger partial charge on any atom is 0.290 e. The summed E-state index contributed by atoms with van der Waals surface area (Å²) in [7, 11) is 0. The maximum atomic E-state index is 12.4. The second-order valence-corrected chi connectivity index (χ2v) is 6.60. The molecule has 0 spiro atoms. The van der Waals surface area contributed by atoms with Gasteiger partial charge in [-0.15, -0.1) is 0 Å². The van der Waals surface area contributed by atoms with Crippen molar-refractivity contribution >= 4 is 24.2 Å². The predicted molar refractivity (Wildman–Crippen MR) is 97.9 cm³/mol. The quantitative estimate of drug-likeness (QED) is 0.519. The summed E-state index contributed by atoms with van der Waals surface area (Å²) in [6.45, 7) is 0.980. The zero-order valence-corrected chi connectivity index (χ0v) is 15.5. The van der Waals surface area contributed by atoms with Crippen LogP contribution >= 0.6 is 0 Å². The van der Waals surface area contributed by atoms with E-state index in [0.29, 0.717) is 43.9 Å². The van der Waals surface area contributed by atoms with Gasteiger partial charge in [-0.3, -0.25) is 24.3 Å². The Labute approximate surface area is 165 Å². The fourth-order valence-electron chi connectivity index (χ4n) is 3.37. The molecule has 2 aromatic heterocycles. The van der Waals surface area contributed by atoms with Crippen LogP contribution in [0.25, 0.3) is 0 Å². The summed E-state index contributed by atoms with van der Waals surface area (Å²) in [5, 5.41) is 19.5. The molecule has 11 nitrogen and oxygen atoms in total. The topological polar surface area (TPSA) is 158 Å². The third-order valence-corrected chi connectivity index (χ3v) is 4.76. The molecule has 11 heteroatoms. The third kappa shape index (κ3) is 4.62. The number of carbonyl (C=O) groups is 4. The van der Waals surface area contributed by atoms with Crippen LogP contribution in [-0.4, -0.2) is 63.5 Å². The van der Waals surface area contributed by atoms with E-state index in [1.54, 1.807) is 17.0 Å². The highest BCUT2D eigenvalue weighted by molar-refractivity contribution is 5.95. The summed E-state index contributed by atoms with van der Waals surface area (Å²) in [4.78, 5) is 46.0. The number of fused-ring (bicyclic) bond motifs is 1. The molecule has 1 fully saturated rings. The van der Waals surface area contributed by atoms with Crippen LogP contribution < -0.4 is 10.6 Å². The molecule has 0 saturated carbocycles. The molecule has 3 amide bonds. The zero-order chi connectivity index (χ0) is 20.8. The molecule has 4 N–H and O–H groups in total. The lowest BCUT2D eigenvalue weighted by molar-refractivity contribution is -0.123. The summed E-state index contributed by atoms with van der Waals surface area (Å²) in [6.07, 6.45) is 3.23. The summed E-state index contributed by atoms with van der Waals surface area (Å²) in [5.74, 6) is -0.139. The van der Waals surface area contributed by atoms with Crippen LogP contribution in [0.4, 0.5) is 0 Å². The first-order valence-corrected chi connectivity index (χ1v) is 9.07. The zero-order valence-electron chi connectivity index (χ0n) is 15.5. The lowest BCUT2D eigenvalue weighted by Gasteiger charge is -2.26. The van der Waals surface area contributed by atoms with Gasteiger partial charge in [-0.2, -0.15) is 5.10 Å². The van der Waals surface area contributed by atoms with Crippen molar-refractivity contribution in [2.24, 2.45) is 0 Å². The van der Waals surface area contributed by atoms with Crippen molar-refractivity contribution in [3.8, 4) is 0 Å². The number of nitrogens with one attached hydrogen (secondary N) is 3. The van der Waals surface area contributed by atoms with E-state index in [-0.39, 0.29) is 30.2 Å². The summed E-state index contributed by atoms with van der Waals surface area (Å²) in [6, 6.07) is 3.28. The lowest BCUT2D eigenvalue weighted by Crippen LogP contribution is -2.39. The highest BCUT2D eigenvalue weighted by Crippen LogP contribution is 2.22. The Bertz CT molecular complexity index is 891. The number of amides is 3. The van der Waals surface area contributed by atoms with E-state index < -0.39 is 0 Å². The molecule has 0 aromatic carbocycles. The number of hydrogen-bond acceptors (Lipinski definition) is 6. The minimum absolute atomic E-state index is 0.0164. The number of aromatic nitrogens is 2. The Kier molecular flexibility index (Phi) is 6.27. The van der Waals surface area contributed by atoms with Crippen LogP contribution in [0.3, 0.4) is 0 Å². The van der Waals surface area contributed by atoms with Gasteiger partial charge < -0.3 is 25.1 Å². The van der Waals surface area contributed by atoms with Crippen LogP contribution in [0.15, 0.2) is 22.8 Å². The van der Waals surface area contributed by atoms with Crippen LogP contribution in [0.2, 0.25) is 0 Å². The summed E-state index contributed by atoms with van der Waals surface area (Å²) in [5.41, 5.74) is 1.95. The Morgan fingerprint density at radius 1 is 1.41 bits per heavy atom. The number of H-pyrrole nitrogens is 1. The second kappa shape index (κ2) is 9.04. The monoisotopic (exact) mass is 403 g/mol. The molecule has 2 aliphatic rings. The standard InChI is InChI=1S/C17H19N5O4.CH2O2/c23-14-4-3-10(19-14)8-18-16(24)15-11-5-6-22(9-12(11)20-21-15)17(25)13-2-1-7-26-13;2-1-3/h1-2,7,10H,3-6,8-9H2,(H,18,24)(H,19,23)(H,20,21);1H,(H,2,3). The van der Waals surface area contributed by atoms with Gasteiger partial charge >= 0.3 is 0 Å². The first-order chi connectivity index (χ1) is 14.0. The SMILES string of the molecule is O=C1CCC(CNC(=O)c2n[nH]c3c2CCN(C(=O)c2ccco2)C3)N1.O=CO. The number of hydrogen-bond donors (Lipinski definition) is 4. The van der Waals surface area contributed by atoms with Crippen LogP contribution in [-0.2, 0) is 22.6 Å². The van der Waals surface area contributed by atoms with Gasteiger partial charge in [-0.1, -0.05) is 0 Å². The van der Waals surface area contributed by atoms with Gasteiger partial charge in [-0.25, -0.2) is 0 Å². The Morgan fingerprint density at radius 2 is 2.21 bits per heavy atom. The Balaban J connectivity index is 0.000000755. The fraction of sp³-hybridized carbons (Fsp3) is 0.389. The number of carbonyl (C=O) groups excluding carboxylic acids is 3. The molecule has 4 rings (SSSR count). The molecule has 0 radical (unpaired) electrons. The molecule has 29 heavy (non-hydrogen) atoms. The van der Waals surface area contributed by atoms with Crippen LogP contribution in [0, 0.1) is 0 Å². The number of aromatic amines is 1. The van der Waals surface area contributed by atoms with E-state index in [2.05, 4.69) is 20.8 Å². The third-order valence-electron chi connectivity index (χ3n) is 4.76. The van der Waals surface area contributed by atoms with E-state index in [4.69, 9.17) is 14.3 Å².